The Bertz CT molecular complexity index is 1630. The van der Waals surface area contributed by atoms with E-state index in [9.17, 15) is 17.6 Å². The second-order valence-corrected chi connectivity index (χ2v) is 9.23. The maximum Gasteiger partial charge on any atom is 0.198 e. The molecule has 0 radical (unpaired) electrons. The Morgan fingerprint density at radius 1 is 0.897 bits per heavy atom. The van der Waals surface area contributed by atoms with Gasteiger partial charge in [-0.2, -0.15) is 5.10 Å². The zero-order valence-corrected chi connectivity index (χ0v) is 21.4. The molecule has 0 spiro atoms. The molecule has 0 atom stereocenters. The molecule has 2 heterocycles. The van der Waals surface area contributed by atoms with Crippen LogP contribution in [0, 0.1) is 23.3 Å². The third-order valence-electron chi connectivity index (χ3n) is 5.99. The van der Waals surface area contributed by atoms with Gasteiger partial charge in [0.05, 0.1) is 16.8 Å². The minimum absolute atomic E-state index is 0.220. The summed E-state index contributed by atoms with van der Waals surface area (Å²) in [5, 5.41) is 8.18. The Labute approximate surface area is 225 Å². The van der Waals surface area contributed by atoms with Gasteiger partial charge in [-0.05, 0) is 42.7 Å². The molecule has 0 unspecified atom stereocenters. The highest BCUT2D eigenvalue weighted by Crippen LogP contribution is 2.33. The standard InChI is InChI=1S/C27H22F4N6OS/c1-39-25-18(20(28)21(29)22(30)23(25)31)13-33-11-12-37-27-19(26(32)34-14-35-27)24(36-37)15-7-9-17(10-8-15)38-16-5-3-2-4-6-16/h2-10,14,33H,11-13H2,1H3,(H2,32,34,35). The van der Waals surface area contributed by atoms with Gasteiger partial charge >= 0.3 is 0 Å². The number of hydrogen-bond donors (Lipinski definition) is 2. The fourth-order valence-corrected chi connectivity index (χ4v) is 4.80. The summed E-state index contributed by atoms with van der Waals surface area (Å²) in [6.07, 6.45) is 2.79. The number of nitrogens with two attached hydrogens (primary N) is 1. The van der Waals surface area contributed by atoms with Gasteiger partial charge in [-0.15, -0.1) is 11.8 Å². The lowest BCUT2D eigenvalue weighted by Gasteiger charge is -2.13. The van der Waals surface area contributed by atoms with E-state index in [4.69, 9.17) is 10.5 Å². The molecule has 5 aromatic rings. The van der Waals surface area contributed by atoms with E-state index in [1.807, 2.05) is 54.6 Å². The first-order chi connectivity index (χ1) is 18.9. The molecular weight excluding hydrogens is 532 g/mol. The number of aromatic nitrogens is 4. The van der Waals surface area contributed by atoms with Gasteiger partial charge in [0.15, 0.2) is 28.9 Å². The Morgan fingerprint density at radius 3 is 2.31 bits per heavy atom. The number of thioether (sulfide) groups is 1. The summed E-state index contributed by atoms with van der Waals surface area (Å²) in [6, 6.07) is 16.7. The van der Waals surface area contributed by atoms with Crippen molar-refractivity contribution in [2.24, 2.45) is 0 Å². The van der Waals surface area contributed by atoms with Crippen molar-refractivity contribution in [1.82, 2.24) is 25.1 Å². The first kappa shape index (κ1) is 26.4. The van der Waals surface area contributed by atoms with Crippen LogP contribution in [-0.4, -0.2) is 32.5 Å². The fraction of sp³-hybridized carbons (Fsp3) is 0.148. The maximum atomic E-state index is 14.3. The maximum absolute atomic E-state index is 14.3. The van der Waals surface area contributed by atoms with Gasteiger partial charge in [0, 0.05) is 24.2 Å². The monoisotopic (exact) mass is 554 g/mol. The number of fused-ring (bicyclic) bond motifs is 1. The smallest absolute Gasteiger partial charge is 0.198 e. The molecule has 3 aromatic carbocycles. The van der Waals surface area contributed by atoms with Crippen LogP contribution in [0.5, 0.6) is 11.5 Å². The van der Waals surface area contributed by atoms with Gasteiger partial charge in [0.25, 0.3) is 0 Å². The van der Waals surface area contributed by atoms with Crippen molar-refractivity contribution in [2.45, 2.75) is 18.0 Å². The predicted molar refractivity (Wildman–Crippen MR) is 141 cm³/mol. The van der Waals surface area contributed by atoms with E-state index in [0.29, 0.717) is 28.2 Å². The predicted octanol–water partition coefficient (Wildman–Crippen LogP) is 5.94. The zero-order valence-electron chi connectivity index (χ0n) is 20.6. The van der Waals surface area contributed by atoms with Crippen molar-refractivity contribution in [1.29, 1.82) is 0 Å². The molecule has 39 heavy (non-hydrogen) atoms. The van der Waals surface area contributed by atoms with Crippen molar-refractivity contribution in [2.75, 3.05) is 18.5 Å². The molecule has 0 amide bonds. The second kappa shape index (κ2) is 11.3. The fourth-order valence-electron chi connectivity index (χ4n) is 4.12. The van der Waals surface area contributed by atoms with Crippen LogP contribution in [0.15, 0.2) is 65.8 Å². The van der Waals surface area contributed by atoms with Gasteiger partial charge in [-0.1, -0.05) is 18.2 Å². The number of anilines is 1. The van der Waals surface area contributed by atoms with Crippen LogP contribution in [0.3, 0.4) is 0 Å². The topological polar surface area (TPSA) is 90.9 Å². The Balaban J connectivity index is 1.35. The summed E-state index contributed by atoms with van der Waals surface area (Å²) in [6.45, 7) is 0.282. The molecule has 12 heteroatoms. The highest BCUT2D eigenvalue weighted by Gasteiger charge is 2.24. The molecular formula is C27H22F4N6OS. The largest absolute Gasteiger partial charge is 0.457 e. The average Bonchev–Trinajstić information content (AvgIpc) is 3.33. The first-order valence-corrected chi connectivity index (χ1v) is 13.0. The van der Waals surface area contributed by atoms with Gasteiger partial charge in [-0.25, -0.2) is 32.2 Å². The summed E-state index contributed by atoms with van der Waals surface area (Å²) in [5.74, 6) is -4.88. The third kappa shape index (κ3) is 5.25. The zero-order chi connectivity index (χ0) is 27.5. The number of hydrogen-bond acceptors (Lipinski definition) is 7. The van der Waals surface area contributed by atoms with Crippen molar-refractivity contribution < 1.29 is 22.3 Å². The van der Waals surface area contributed by atoms with Crippen LogP contribution in [0.2, 0.25) is 0 Å². The molecule has 0 aliphatic heterocycles. The second-order valence-electron chi connectivity index (χ2n) is 8.41. The van der Waals surface area contributed by atoms with E-state index < -0.39 is 23.3 Å². The van der Waals surface area contributed by atoms with Crippen molar-refractivity contribution in [3.05, 3.63) is 89.8 Å². The van der Waals surface area contributed by atoms with Crippen LogP contribution in [0.1, 0.15) is 5.56 Å². The number of halogens is 4. The van der Waals surface area contributed by atoms with E-state index in [-0.39, 0.29) is 35.9 Å². The van der Waals surface area contributed by atoms with Gasteiger partial charge in [0.1, 0.15) is 29.3 Å². The molecule has 7 nitrogen and oxygen atoms in total. The van der Waals surface area contributed by atoms with Crippen molar-refractivity contribution >= 4 is 28.6 Å². The molecule has 0 aliphatic carbocycles. The minimum Gasteiger partial charge on any atom is -0.457 e. The SMILES string of the molecule is CSc1c(F)c(F)c(F)c(F)c1CNCCn1nc(-c2ccc(Oc3ccccc3)cc2)c2c(N)ncnc21. The van der Waals surface area contributed by atoms with Crippen LogP contribution < -0.4 is 15.8 Å². The van der Waals surface area contributed by atoms with E-state index in [1.54, 1.807) is 4.68 Å². The molecule has 200 valence electrons. The number of para-hydroxylation sites is 1. The molecule has 0 saturated carbocycles. The number of rotatable bonds is 9. The van der Waals surface area contributed by atoms with E-state index >= 15 is 0 Å². The van der Waals surface area contributed by atoms with Gasteiger partial charge in [0.2, 0.25) is 0 Å². The van der Waals surface area contributed by atoms with Crippen LogP contribution in [0.25, 0.3) is 22.3 Å². The number of benzene rings is 3. The summed E-state index contributed by atoms with van der Waals surface area (Å²) < 4.78 is 63.3. The molecule has 3 N–H and O–H groups in total. The van der Waals surface area contributed by atoms with Crippen molar-refractivity contribution in [3.63, 3.8) is 0 Å². The highest BCUT2D eigenvalue weighted by molar-refractivity contribution is 7.98. The quantitative estimate of drug-likeness (QED) is 0.0767. The summed E-state index contributed by atoms with van der Waals surface area (Å²) in [4.78, 5) is 8.14. The van der Waals surface area contributed by atoms with Gasteiger partial charge < -0.3 is 15.8 Å². The Kier molecular flexibility index (Phi) is 7.66. The Hall–Kier alpha value is -4.16. The molecule has 2 aromatic heterocycles. The first-order valence-electron chi connectivity index (χ1n) is 11.8. The third-order valence-corrected chi connectivity index (χ3v) is 6.82. The lowest BCUT2D eigenvalue weighted by molar-refractivity contribution is 0.389. The van der Waals surface area contributed by atoms with Gasteiger partial charge in [-0.3, -0.25) is 0 Å². The normalized spacial score (nSPS) is 11.3. The lowest BCUT2D eigenvalue weighted by Crippen LogP contribution is -2.22. The average molecular weight is 555 g/mol. The van der Waals surface area contributed by atoms with E-state index in [1.165, 1.54) is 12.6 Å². The number of nitrogen functional groups attached to an aromatic ring is 1. The Morgan fingerprint density at radius 2 is 1.59 bits per heavy atom. The van der Waals surface area contributed by atoms with Crippen LogP contribution >= 0.6 is 11.8 Å². The van der Waals surface area contributed by atoms with E-state index in [2.05, 4.69) is 20.4 Å². The van der Waals surface area contributed by atoms with Crippen LogP contribution in [-0.2, 0) is 13.1 Å². The molecule has 0 fully saturated rings. The minimum atomic E-state index is -1.84. The van der Waals surface area contributed by atoms with Crippen LogP contribution in [0.4, 0.5) is 23.4 Å². The molecule has 5 rings (SSSR count). The summed E-state index contributed by atoms with van der Waals surface area (Å²) >= 11 is 0.800. The van der Waals surface area contributed by atoms with Crippen molar-refractivity contribution in [3.8, 4) is 22.8 Å². The number of nitrogens with one attached hydrogen (secondary N) is 1. The molecule has 0 bridgehead atoms. The summed E-state index contributed by atoms with van der Waals surface area (Å²) in [7, 11) is 0. The lowest BCUT2D eigenvalue weighted by atomic mass is 10.1. The number of nitrogens with zero attached hydrogens (tertiary/aromatic N) is 4. The number of ether oxygens (including phenoxy) is 1. The van der Waals surface area contributed by atoms with E-state index in [0.717, 1.165) is 17.3 Å². The molecule has 0 saturated heterocycles. The highest BCUT2D eigenvalue weighted by atomic mass is 32.2. The summed E-state index contributed by atoms with van der Waals surface area (Å²) in [5.41, 5.74) is 7.70. The molecule has 0 aliphatic rings.